The Kier molecular flexibility index (Phi) is 6.93. The van der Waals surface area contributed by atoms with Gasteiger partial charge in [0.1, 0.15) is 0 Å². The molecular formula is C27H22F2N2O3S. The number of benzene rings is 4. The van der Waals surface area contributed by atoms with Crippen molar-refractivity contribution in [1.29, 1.82) is 0 Å². The molecule has 0 aromatic heterocycles. The molecule has 0 fully saturated rings. The molecule has 0 bridgehead atoms. The fraction of sp³-hybridized carbons (Fsp3) is 0.0741. The monoisotopic (exact) mass is 492 g/mol. The van der Waals surface area contributed by atoms with Crippen LogP contribution in [0.25, 0.3) is 0 Å². The van der Waals surface area contributed by atoms with Gasteiger partial charge in [-0.1, -0.05) is 60.2 Å². The maximum atomic E-state index is 13.8. The number of sulfonamides is 1. The molecule has 0 aliphatic carbocycles. The normalized spacial score (nSPS) is 11.2. The Morgan fingerprint density at radius 2 is 1.49 bits per heavy atom. The van der Waals surface area contributed by atoms with Crippen molar-refractivity contribution in [3.8, 4) is 0 Å². The highest BCUT2D eigenvalue weighted by Gasteiger charge is 2.28. The molecule has 4 aromatic carbocycles. The smallest absolute Gasteiger partial charge is 0.264 e. The highest BCUT2D eigenvalue weighted by atomic mass is 32.2. The van der Waals surface area contributed by atoms with E-state index in [0.29, 0.717) is 0 Å². The molecule has 0 aliphatic rings. The average molecular weight is 493 g/mol. The number of nitrogens with zero attached hydrogens (tertiary/aromatic N) is 1. The Morgan fingerprint density at radius 3 is 2.17 bits per heavy atom. The SMILES string of the molecule is Cc1ccc(S(=O)(=O)N(Cc2ccccc2)c2ccccc2C(=O)Nc2ccc(F)c(F)c2)cc1. The maximum absolute atomic E-state index is 13.8. The maximum Gasteiger partial charge on any atom is 0.264 e. The topological polar surface area (TPSA) is 66.5 Å². The van der Waals surface area contributed by atoms with Crippen molar-refractivity contribution < 1.29 is 22.0 Å². The van der Waals surface area contributed by atoms with Crippen molar-refractivity contribution in [1.82, 2.24) is 0 Å². The second-order valence-electron chi connectivity index (χ2n) is 7.91. The van der Waals surface area contributed by atoms with E-state index in [4.69, 9.17) is 0 Å². The van der Waals surface area contributed by atoms with Gasteiger partial charge in [-0.05, 0) is 48.9 Å². The lowest BCUT2D eigenvalue weighted by molar-refractivity contribution is 0.102. The minimum absolute atomic E-state index is 0.0213. The lowest BCUT2D eigenvalue weighted by atomic mass is 10.1. The molecule has 4 aromatic rings. The van der Waals surface area contributed by atoms with Gasteiger partial charge in [0.15, 0.2) is 11.6 Å². The predicted octanol–water partition coefficient (Wildman–Crippen LogP) is 5.92. The zero-order chi connectivity index (χ0) is 25.0. The first-order valence-electron chi connectivity index (χ1n) is 10.7. The molecule has 4 rings (SSSR count). The fourth-order valence-corrected chi connectivity index (χ4v) is 5.01. The zero-order valence-corrected chi connectivity index (χ0v) is 19.6. The number of carbonyl (C=O) groups excluding carboxylic acids is 1. The Bertz CT molecular complexity index is 1460. The van der Waals surface area contributed by atoms with E-state index in [2.05, 4.69) is 5.32 Å². The number of para-hydroxylation sites is 1. The van der Waals surface area contributed by atoms with Gasteiger partial charge in [0.25, 0.3) is 15.9 Å². The summed E-state index contributed by atoms with van der Waals surface area (Å²) in [4.78, 5) is 13.2. The highest BCUT2D eigenvalue weighted by Crippen LogP contribution is 2.30. The molecule has 0 aliphatic heterocycles. The Hall–Kier alpha value is -4.04. The molecular weight excluding hydrogens is 470 g/mol. The highest BCUT2D eigenvalue weighted by molar-refractivity contribution is 7.92. The summed E-state index contributed by atoms with van der Waals surface area (Å²) in [5.74, 6) is -2.81. The summed E-state index contributed by atoms with van der Waals surface area (Å²) in [6, 6.07) is 24.7. The third kappa shape index (κ3) is 5.38. The van der Waals surface area contributed by atoms with E-state index < -0.39 is 27.6 Å². The van der Waals surface area contributed by atoms with Crippen LogP contribution in [0.15, 0.2) is 102 Å². The van der Waals surface area contributed by atoms with Gasteiger partial charge in [0.2, 0.25) is 0 Å². The summed E-state index contributed by atoms with van der Waals surface area (Å²) in [7, 11) is -4.07. The Labute approximate surface area is 202 Å². The molecule has 0 saturated heterocycles. The van der Waals surface area contributed by atoms with Gasteiger partial charge in [0.05, 0.1) is 22.7 Å². The summed E-state index contributed by atoms with van der Waals surface area (Å²) in [6.45, 7) is 1.84. The van der Waals surface area contributed by atoms with Crippen molar-refractivity contribution in [2.45, 2.75) is 18.4 Å². The van der Waals surface area contributed by atoms with Crippen LogP contribution in [0.2, 0.25) is 0 Å². The van der Waals surface area contributed by atoms with Gasteiger partial charge in [-0.3, -0.25) is 9.10 Å². The minimum Gasteiger partial charge on any atom is -0.322 e. The summed E-state index contributed by atoms with van der Waals surface area (Å²) in [6.07, 6.45) is 0. The first-order valence-corrected chi connectivity index (χ1v) is 12.2. The molecule has 178 valence electrons. The van der Waals surface area contributed by atoms with Crippen LogP contribution < -0.4 is 9.62 Å². The van der Waals surface area contributed by atoms with Gasteiger partial charge in [0, 0.05) is 11.8 Å². The number of carbonyl (C=O) groups is 1. The molecule has 0 unspecified atom stereocenters. The van der Waals surface area contributed by atoms with Gasteiger partial charge in [-0.2, -0.15) is 0 Å². The van der Waals surface area contributed by atoms with E-state index in [-0.39, 0.29) is 28.4 Å². The molecule has 0 heterocycles. The van der Waals surface area contributed by atoms with Gasteiger partial charge < -0.3 is 5.32 Å². The number of aryl methyl sites for hydroxylation is 1. The zero-order valence-electron chi connectivity index (χ0n) is 18.8. The van der Waals surface area contributed by atoms with E-state index in [1.807, 2.05) is 13.0 Å². The fourth-order valence-electron chi connectivity index (χ4n) is 3.54. The first kappa shape index (κ1) is 24.1. The predicted molar refractivity (Wildman–Crippen MR) is 132 cm³/mol. The molecule has 8 heteroatoms. The molecule has 1 N–H and O–H groups in total. The number of halogens is 2. The number of hydrogen-bond acceptors (Lipinski definition) is 3. The third-order valence-electron chi connectivity index (χ3n) is 5.37. The van der Waals surface area contributed by atoms with Crippen molar-refractivity contribution >= 4 is 27.3 Å². The number of hydrogen-bond donors (Lipinski definition) is 1. The Morgan fingerprint density at radius 1 is 0.829 bits per heavy atom. The molecule has 0 radical (unpaired) electrons. The lowest BCUT2D eigenvalue weighted by Gasteiger charge is -2.26. The molecule has 0 spiro atoms. The molecule has 0 saturated carbocycles. The van der Waals surface area contributed by atoms with E-state index in [1.165, 1.54) is 34.6 Å². The van der Waals surface area contributed by atoms with Crippen LogP contribution in [0.1, 0.15) is 21.5 Å². The summed E-state index contributed by atoms with van der Waals surface area (Å²) >= 11 is 0. The molecule has 5 nitrogen and oxygen atoms in total. The van der Waals surface area contributed by atoms with Crippen LogP contribution in [0, 0.1) is 18.6 Å². The van der Waals surface area contributed by atoms with Crippen molar-refractivity contribution in [2.24, 2.45) is 0 Å². The summed E-state index contributed by atoms with van der Waals surface area (Å²) < 4.78 is 55.6. The van der Waals surface area contributed by atoms with Gasteiger partial charge in [-0.25, -0.2) is 17.2 Å². The Balaban J connectivity index is 1.78. The van der Waals surface area contributed by atoms with Gasteiger partial charge in [-0.15, -0.1) is 0 Å². The van der Waals surface area contributed by atoms with Crippen LogP contribution in [0.5, 0.6) is 0 Å². The number of rotatable bonds is 7. The minimum atomic E-state index is -4.07. The van der Waals surface area contributed by atoms with E-state index in [0.717, 1.165) is 23.3 Å². The summed E-state index contributed by atoms with van der Waals surface area (Å²) in [5, 5.41) is 2.52. The average Bonchev–Trinajstić information content (AvgIpc) is 2.85. The van der Waals surface area contributed by atoms with Crippen molar-refractivity contribution in [2.75, 3.05) is 9.62 Å². The van der Waals surface area contributed by atoms with E-state index >= 15 is 0 Å². The molecule has 1 amide bonds. The third-order valence-corrected chi connectivity index (χ3v) is 7.15. The van der Waals surface area contributed by atoms with Crippen LogP contribution in [-0.4, -0.2) is 14.3 Å². The van der Waals surface area contributed by atoms with Crippen LogP contribution in [0.4, 0.5) is 20.2 Å². The quantitative estimate of drug-likeness (QED) is 0.348. The van der Waals surface area contributed by atoms with Crippen molar-refractivity contribution in [3.63, 3.8) is 0 Å². The summed E-state index contributed by atoms with van der Waals surface area (Å²) in [5.41, 5.74) is 1.88. The van der Waals surface area contributed by atoms with Crippen LogP contribution in [-0.2, 0) is 16.6 Å². The number of anilines is 2. The first-order chi connectivity index (χ1) is 16.8. The van der Waals surface area contributed by atoms with Crippen LogP contribution >= 0.6 is 0 Å². The number of nitrogens with one attached hydrogen (secondary N) is 1. The lowest BCUT2D eigenvalue weighted by Crippen LogP contribution is -2.32. The molecule has 0 atom stereocenters. The van der Waals surface area contributed by atoms with E-state index in [1.54, 1.807) is 48.5 Å². The van der Waals surface area contributed by atoms with Crippen molar-refractivity contribution in [3.05, 3.63) is 125 Å². The standard InChI is InChI=1S/C27H22F2N2O3S/c1-19-11-14-22(15-12-19)35(33,34)31(18-20-7-3-2-4-8-20)26-10-6-5-9-23(26)27(32)30-21-13-16-24(28)25(29)17-21/h2-17H,18H2,1H3,(H,30,32). The second-order valence-corrected chi connectivity index (χ2v) is 9.77. The van der Waals surface area contributed by atoms with Crippen LogP contribution in [0.3, 0.4) is 0 Å². The number of amides is 1. The molecule has 35 heavy (non-hydrogen) atoms. The van der Waals surface area contributed by atoms with Gasteiger partial charge >= 0.3 is 0 Å². The van der Waals surface area contributed by atoms with E-state index in [9.17, 15) is 22.0 Å². The second kappa shape index (κ2) is 10.1. The largest absolute Gasteiger partial charge is 0.322 e.